The molecule has 1 aromatic heterocycles. The van der Waals surface area contributed by atoms with Crippen LogP contribution in [0.25, 0.3) is 0 Å². The van der Waals surface area contributed by atoms with Crippen molar-refractivity contribution in [2.24, 2.45) is 0 Å². The molecule has 0 unspecified atom stereocenters. The standard InChI is InChI=1S/C15H25BF2N2O2Si/c1-13(2)14(3,4)22-16(21-13)11-10-8-15(17,18)9-20(10)19-12(11)23(5,6)7/h8-9H2,1-7H3. The van der Waals surface area contributed by atoms with Crippen LogP contribution in [0.2, 0.25) is 19.6 Å². The summed E-state index contributed by atoms with van der Waals surface area (Å²) in [6, 6.07) is 0. The zero-order valence-corrected chi connectivity index (χ0v) is 16.0. The van der Waals surface area contributed by atoms with E-state index in [2.05, 4.69) is 24.7 Å². The van der Waals surface area contributed by atoms with E-state index in [4.69, 9.17) is 9.31 Å². The molecule has 1 fully saturated rings. The Kier molecular flexibility index (Phi) is 3.47. The van der Waals surface area contributed by atoms with Crippen molar-refractivity contribution in [2.75, 3.05) is 0 Å². The molecule has 128 valence electrons. The third-order valence-corrected chi connectivity index (χ3v) is 6.89. The van der Waals surface area contributed by atoms with Crippen LogP contribution in [0.4, 0.5) is 8.78 Å². The van der Waals surface area contributed by atoms with Crippen molar-refractivity contribution in [1.29, 1.82) is 0 Å². The zero-order chi connectivity index (χ0) is 17.4. The lowest BCUT2D eigenvalue weighted by atomic mass is 9.78. The molecule has 1 aromatic rings. The van der Waals surface area contributed by atoms with E-state index < -0.39 is 32.3 Å². The van der Waals surface area contributed by atoms with Crippen LogP contribution in [0.3, 0.4) is 0 Å². The molecular formula is C15H25BF2N2O2Si. The Morgan fingerprint density at radius 2 is 1.61 bits per heavy atom. The lowest BCUT2D eigenvalue weighted by Gasteiger charge is -2.32. The van der Waals surface area contributed by atoms with Gasteiger partial charge in [-0.2, -0.15) is 5.10 Å². The highest BCUT2D eigenvalue weighted by Gasteiger charge is 2.55. The van der Waals surface area contributed by atoms with Crippen LogP contribution in [0.1, 0.15) is 33.4 Å². The first-order valence-corrected chi connectivity index (χ1v) is 11.6. The van der Waals surface area contributed by atoms with Crippen LogP contribution in [-0.4, -0.2) is 42.1 Å². The molecule has 0 aromatic carbocycles. The Morgan fingerprint density at radius 3 is 2.09 bits per heavy atom. The van der Waals surface area contributed by atoms with Gasteiger partial charge in [-0.15, -0.1) is 0 Å². The summed E-state index contributed by atoms with van der Waals surface area (Å²) in [5.41, 5.74) is 0.333. The number of halogens is 2. The number of hydrogen-bond donors (Lipinski definition) is 0. The van der Waals surface area contributed by atoms with Gasteiger partial charge >= 0.3 is 7.12 Å². The SMILES string of the molecule is CC1(C)OB(c2c([Si](C)(C)C)nn3c2CC(F)(F)C3)OC1(C)C. The summed E-state index contributed by atoms with van der Waals surface area (Å²) < 4.78 is 41.4. The quantitative estimate of drug-likeness (QED) is 0.771. The second-order valence-electron chi connectivity index (χ2n) is 8.74. The van der Waals surface area contributed by atoms with Crippen LogP contribution in [0.15, 0.2) is 0 Å². The van der Waals surface area contributed by atoms with E-state index >= 15 is 0 Å². The molecule has 23 heavy (non-hydrogen) atoms. The highest BCUT2D eigenvalue weighted by molar-refractivity contribution is 6.92. The van der Waals surface area contributed by atoms with Crippen molar-refractivity contribution in [1.82, 2.24) is 9.78 Å². The Bertz CT molecular complexity index is 637. The van der Waals surface area contributed by atoms with E-state index in [0.29, 0.717) is 5.69 Å². The highest BCUT2D eigenvalue weighted by atomic mass is 28.3. The maximum Gasteiger partial charge on any atom is 0.498 e. The molecule has 0 amide bonds. The van der Waals surface area contributed by atoms with Crippen LogP contribution < -0.4 is 10.8 Å². The van der Waals surface area contributed by atoms with Crippen molar-refractivity contribution >= 4 is 26.0 Å². The summed E-state index contributed by atoms with van der Waals surface area (Å²) in [7, 11) is -2.44. The molecule has 0 spiro atoms. The fourth-order valence-corrected chi connectivity index (χ4v) is 4.60. The monoisotopic (exact) mass is 342 g/mol. The van der Waals surface area contributed by atoms with E-state index in [9.17, 15) is 8.78 Å². The first-order valence-electron chi connectivity index (χ1n) is 8.07. The van der Waals surface area contributed by atoms with Crippen molar-refractivity contribution in [3.05, 3.63) is 5.69 Å². The topological polar surface area (TPSA) is 36.3 Å². The van der Waals surface area contributed by atoms with Crippen molar-refractivity contribution in [3.8, 4) is 0 Å². The van der Waals surface area contributed by atoms with E-state index in [0.717, 1.165) is 10.8 Å². The third-order valence-electron chi connectivity index (χ3n) is 5.10. The van der Waals surface area contributed by atoms with E-state index in [-0.39, 0.29) is 13.0 Å². The Morgan fingerprint density at radius 1 is 1.09 bits per heavy atom. The van der Waals surface area contributed by atoms with Gasteiger partial charge in [-0.3, -0.25) is 4.68 Å². The number of nitrogens with zero attached hydrogens (tertiary/aromatic N) is 2. The molecule has 3 heterocycles. The molecule has 0 atom stereocenters. The summed E-state index contributed by atoms with van der Waals surface area (Å²) in [6.07, 6.45) is -0.288. The average Bonchev–Trinajstić information content (AvgIpc) is 2.83. The Balaban J connectivity index is 2.09. The van der Waals surface area contributed by atoms with Gasteiger partial charge in [0, 0.05) is 16.5 Å². The van der Waals surface area contributed by atoms with Crippen molar-refractivity contribution < 1.29 is 18.1 Å². The minimum atomic E-state index is -2.74. The predicted octanol–water partition coefficient (Wildman–Crippen LogP) is 1.92. The first-order chi connectivity index (χ1) is 10.2. The fourth-order valence-electron chi connectivity index (χ4n) is 3.11. The van der Waals surface area contributed by atoms with Gasteiger partial charge in [-0.25, -0.2) is 8.78 Å². The summed E-state index contributed by atoms with van der Waals surface area (Å²) >= 11 is 0. The van der Waals surface area contributed by atoms with Crippen molar-refractivity contribution in [3.63, 3.8) is 0 Å². The number of hydrogen-bond acceptors (Lipinski definition) is 3. The third kappa shape index (κ3) is 2.68. The summed E-state index contributed by atoms with van der Waals surface area (Å²) in [4.78, 5) is 0. The predicted molar refractivity (Wildman–Crippen MR) is 89.6 cm³/mol. The molecule has 8 heteroatoms. The number of alkyl halides is 2. The van der Waals surface area contributed by atoms with Crippen LogP contribution >= 0.6 is 0 Å². The summed E-state index contributed by atoms with van der Waals surface area (Å²) in [6.45, 7) is 14.0. The minimum absolute atomic E-state index is 0.288. The molecule has 0 N–H and O–H groups in total. The van der Waals surface area contributed by atoms with Gasteiger partial charge in [0.05, 0.1) is 17.6 Å². The van der Waals surface area contributed by atoms with Crippen molar-refractivity contribution in [2.45, 2.75) is 77.4 Å². The molecule has 0 bridgehead atoms. The van der Waals surface area contributed by atoms with Gasteiger partial charge in [0.25, 0.3) is 5.92 Å². The minimum Gasteiger partial charge on any atom is -0.399 e. The maximum atomic E-state index is 13.8. The number of aromatic nitrogens is 2. The van der Waals surface area contributed by atoms with E-state index in [1.807, 2.05) is 27.7 Å². The maximum absolute atomic E-state index is 13.8. The molecule has 0 saturated carbocycles. The second-order valence-corrected chi connectivity index (χ2v) is 13.7. The molecule has 0 aliphatic carbocycles. The fraction of sp³-hybridized carbons (Fsp3) is 0.800. The molecule has 2 aliphatic rings. The van der Waals surface area contributed by atoms with E-state index in [1.165, 1.54) is 4.68 Å². The summed E-state index contributed by atoms with van der Waals surface area (Å²) in [5.74, 6) is -2.74. The van der Waals surface area contributed by atoms with Crippen LogP contribution in [0, 0.1) is 0 Å². The van der Waals surface area contributed by atoms with Gasteiger partial charge in [0.15, 0.2) is 0 Å². The average molecular weight is 342 g/mol. The van der Waals surface area contributed by atoms with Crippen LogP contribution in [0.5, 0.6) is 0 Å². The van der Waals surface area contributed by atoms with Gasteiger partial charge in [-0.05, 0) is 27.7 Å². The Labute approximate surface area is 137 Å². The number of fused-ring (bicyclic) bond motifs is 1. The molecule has 3 rings (SSSR count). The molecule has 4 nitrogen and oxygen atoms in total. The van der Waals surface area contributed by atoms with Gasteiger partial charge in [0.2, 0.25) is 0 Å². The zero-order valence-electron chi connectivity index (χ0n) is 15.0. The highest BCUT2D eigenvalue weighted by Crippen LogP contribution is 2.37. The second kappa shape index (κ2) is 4.67. The Hall–Kier alpha value is -0.728. The summed E-state index contributed by atoms with van der Waals surface area (Å²) in [5, 5.41) is 5.45. The van der Waals surface area contributed by atoms with Gasteiger partial charge in [0.1, 0.15) is 14.6 Å². The van der Waals surface area contributed by atoms with E-state index in [1.54, 1.807) is 0 Å². The smallest absolute Gasteiger partial charge is 0.399 e. The molecular weight excluding hydrogens is 317 g/mol. The molecule has 2 aliphatic heterocycles. The van der Waals surface area contributed by atoms with Gasteiger partial charge in [-0.1, -0.05) is 19.6 Å². The number of rotatable bonds is 2. The molecule has 1 saturated heterocycles. The lowest BCUT2D eigenvalue weighted by molar-refractivity contribution is 0.00116. The largest absolute Gasteiger partial charge is 0.498 e. The molecule has 0 radical (unpaired) electrons. The normalized spacial score (nSPS) is 25.0. The first kappa shape index (κ1) is 17.1. The van der Waals surface area contributed by atoms with Gasteiger partial charge < -0.3 is 9.31 Å². The van der Waals surface area contributed by atoms with Crippen LogP contribution in [-0.2, 0) is 22.3 Å². The lowest BCUT2D eigenvalue weighted by Crippen LogP contribution is -2.55.